The third kappa shape index (κ3) is 3.92. The summed E-state index contributed by atoms with van der Waals surface area (Å²) >= 11 is 0. The lowest BCUT2D eigenvalue weighted by molar-refractivity contribution is -0.136. The average Bonchev–Trinajstić information content (AvgIpc) is 3.20. The molecule has 2 aromatic heterocycles. The lowest BCUT2D eigenvalue weighted by Gasteiger charge is -2.22. The normalized spacial score (nSPS) is 12.6. The van der Waals surface area contributed by atoms with Gasteiger partial charge in [0.2, 0.25) is 0 Å². The molecular weight excluding hydrogens is 465 g/mol. The summed E-state index contributed by atoms with van der Waals surface area (Å²) in [6.45, 7) is 4.75. The average molecular weight is 490 g/mol. The molecule has 9 heteroatoms. The van der Waals surface area contributed by atoms with Crippen LogP contribution in [0.15, 0.2) is 51.8 Å². The Morgan fingerprint density at radius 2 is 1.75 bits per heavy atom. The first-order valence-corrected chi connectivity index (χ1v) is 11.4. The third-order valence-electron chi connectivity index (χ3n) is 6.41. The topological polar surface area (TPSA) is 107 Å². The fourth-order valence-corrected chi connectivity index (χ4v) is 4.69. The second-order valence-corrected chi connectivity index (χ2v) is 8.71. The van der Waals surface area contributed by atoms with Crippen LogP contribution in [0, 0.1) is 19.7 Å². The number of nitrogens with one attached hydrogen (secondary N) is 1. The minimum absolute atomic E-state index is 0.0690. The van der Waals surface area contributed by atoms with Crippen LogP contribution in [0.4, 0.5) is 10.1 Å². The number of hydrogen-bond donors (Lipinski definition) is 2. The van der Waals surface area contributed by atoms with Gasteiger partial charge < -0.3 is 24.3 Å². The molecule has 8 nitrogen and oxygen atoms in total. The van der Waals surface area contributed by atoms with Gasteiger partial charge in [-0.25, -0.2) is 4.39 Å². The summed E-state index contributed by atoms with van der Waals surface area (Å²) in [5, 5.41) is 16.7. The molecule has 0 spiro atoms. The number of aromatic nitrogens is 2. The van der Waals surface area contributed by atoms with E-state index in [0.29, 0.717) is 41.5 Å². The van der Waals surface area contributed by atoms with Gasteiger partial charge in [0.1, 0.15) is 23.9 Å². The van der Waals surface area contributed by atoms with E-state index in [9.17, 15) is 14.7 Å². The fourth-order valence-electron chi connectivity index (χ4n) is 4.69. The van der Waals surface area contributed by atoms with Gasteiger partial charge in [0, 0.05) is 30.4 Å². The number of pyridine rings is 1. The minimum atomic E-state index is -1.17. The van der Waals surface area contributed by atoms with E-state index in [1.165, 1.54) is 11.6 Å². The molecule has 0 bridgehead atoms. The number of carboxylic acids is 1. The summed E-state index contributed by atoms with van der Waals surface area (Å²) in [5.74, 6) is -0.643. The number of hydrogen-bond acceptors (Lipinski definition) is 6. The molecule has 0 saturated heterocycles. The van der Waals surface area contributed by atoms with E-state index >= 15 is 4.39 Å². The zero-order valence-electron chi connectivity index (χ0n) is 20.0. The Labute approximate surface area is 205 Å². The van der Waals surface area contributed by atoms with Gasteiger partial charge >= 0.3 is 5.97 Å². The number of carbonyl (C=O) groups is 1. The Morgan fingerprint density at radius 1 is 1.08 bits per heavy atom. The van der Waals surface area contributed by atoms with Gasteiger partial charge in [0.05, 0.1) is 23.4 Å². The van der Waals surface area contributed by atoms with Crippen LogP contribution >= 0.6 is 0 Å². The Kier molecular flexibility index (Phi) is 5.83. The van der Waals surface area contributed by atoms with Gasteiger partial charge in [-0.05, 0) is 42.7 Å². The number of halogens is 1. The van der Waals surface area contributed by atoms with E-state index in [0.717, 1.165) is 16.8 Å². The number of rotatable bonds is 5. The molecule has 2 N–H and O–H groups in total. The Morgan fingerprint density at radius 3 is 2.39 bits per heavy atom. The standard InChI is InChI=1S/C27H24FN3O5/c1-14-23(15(2)36-30-14)16-4-6-17(7-5-16)25-26(28)24(20(13-22(32)33)31(3)27(25)34)18-8-9-21-19(12-18)29-10-11-35-21/h4-9,12,29H,10-11,13H2,1-3H3,(H,32,33). The zero-order chi connectivity index (χ0) is 25.6. The predicted molar refractivity (Wildman–Crippen MR) is 133 cm³/mol. The maximum Gasteiger partial charge on any atom is 0.309 e. The summed E-state index contributed by atoms with van der Waals surface area (Å²) in [7, 11) is 1.46. The van der Waals surface area contributed by atoms with Crippen molar-refractivity contribution in [2.45, 2.75) is 20.3 Å². The maximum atomic E-state index is 16.2. The first kappa shape index (κ1) is 23.3. The number of carboxylic acid groups (broad SMARTS) is 1. The predicted octanol–water partition coefficient (Wildman–Crippen LogP) is 4.56. The van der Waals surface area contributed by atoms with Gasteiger partial charge in [-0.2, -0.15) is 0 Å². The van der Waals surface area contributed by atoms with Crippen molar-refractivity contribution in [2.75, 3.05) is 18.5 Å². The van der Waals surface area contributed by atoms with E-state index in [1.54, 1.807) is 42.5 Å². The number of aliphatic carboxylic acids is 1. The van der Waals surface area contributed by atoms with E-state index in [1.807, 2.05) is 13.8 Å². The zero-order valence-corrected chi connectivity index (χ0v) is 20.0. The minimum Gasteiger partial charge on any atom is -0.490 e. The molecule has 4 aromatic rings. The number of fused-ring (bicyclic) bond motifs is 1. The highest BCUT2D eigenvalue weighted by molar-refractivity contribution is 5.82. The summed E-state index contributed by atoms with van der Waals surface area (Å²) in [4.78, 5) is 24.9. The number of nitrogens with zero attached hydrogens (tertiary/aromatic N) is 2. The maximum absolute atomic E-state index is 16.2. The molecule has 0 unspecified atom stereocenters. The number of aryl methyl sites for hydroxylation is 2. The van der Waals surface area contributed by atoms with E-state index in [4.69, 9.17) is 9.26 Å². The highest BCUT2D eigenvalue weighted by Crippen LogP contribution is 2.37. The van der Waals surface area contributed by atoms with Crippen LogP contribution < -0.4 is 15.6 Å². The van der Waals surface area contributed by atoms with Gasteiger partial charge in [-0.3, -0.25) is 9.59 Å². The second-order valence-electron chi connectivity index (χ2n) is 8.71. The fraction of sp³-hybridized carbons (Fsp3) is 0.222. The van der Waals surface area contributed by atoms with Crippen LogP contribution in [-0.2, 0) is 18.3 Å². The molecule has 0 aliphatic carbocycles. The van der Waals surface area contributed by atoms with Crippen LogP contribution in [0.5, 0.6) is 5.75 Å². The van der Waals surface area contributed by atoms with Crippen LogP contribution in [-0.4, -0.2) is 34.0 Å². The highest BCUT2D eigenvalue weighted by atomic mass is 19.1. The van der Waals surface area contributed by atoms with Crippen LogP contribution in [0.25, 0.3) is 33.4 Å². The Hall–Kier alpha value is -4.40. The Balaban J connectivity index is 1.70. The van der Waals surface area contributed by atoms with Crippen molar-refractivity contribution >= 4 is 11.7 Å². The van der Waals surface area contributed by atoms with E-state index in [2.05, 4.69) is 10.5 Å². The van der Waals surface area contributed by atoms with Crippen molar-refractivity contribution in [2.24, 2.45) is 7.05 Å². The SMILES string of the molecule is Cc1noc(C)c1-c1ccc(-c2c(F)c(-c3ccc4c(c3)NCCO4)c(CC(=O)O)n(C)c2=O)cc1. The van der Waals surface area contributed by atoms with Crippen molar-refractivity contribution in [3.05, 3.63) is 75.8 Å². The second kappa shape index (κ2) is 8.99. The molecule has 2 aromatic carbocycles. The summed E-state index contributed by atoms with van der Waals surface area (Å²) in [5.41, 5.74) is 3.32. The molecule has 1 aliphatic heterocycles. The van der Waals surface area contributed by atoms with Crippen molar-refractivity contribution in [1.82, 2.24) is 9.72 Å². The van der Waals surface area contributed by atoms with E-state index in [-0.39, 0.29) is 16.8 Å². The quantitative estimate of drug-likeness (QED) is 0.423. The van der Waals surface area contributed by atoms with Gasteiger partial charge in [0.15, 0.2) is 0 Å². The molecular formula is C27H24FN3O5. The molecule has 0 radical (unpaired) electrons. The van der Waals surface area contributed by atoms with Gasteiger partial charge in [-0.15, -0.1) is 0 Å². The van der Waals surface area contributed by atoms with Crippen LogP contribution in [0.1, 0.15) is 17.1 Å². The number of anilines is 1. The van der Waals surface area contributed by atoms with Gasteiger partial charge in [-0.1, -0.05) is 35.5 Å². The van der Waals surface area contributed by atoms with Crippen molar-refractivity contribution in [1.29, 1.82) is 0 Å². The first-order chi connectivity index (χ1) is 17.3. The molecule has 184 valence electrons. The molecule has 3 heterocycles. The van der Waals surface area contributed by atoms with E-state index < -0.39 is 23.8 Å². The molecule has 36 heavy (non-hydrogen) atoms. The molecule has 0 saturated carbocycles. The largest absolute Gasteiger partial charge is 0.490 e. The molecule has 1 aliphatic rings. The molecule has 5 rings (SSSR count). The molecule has 0 atom stereocenters. The monoisotopic (exact) mass is 489 g/mol. The number of benzene rings is 2. The molecule has 0 amide bonds. The summed E-state index contributed by atoms with van der Waals surface area (Å²) in [6, 6.07) is 12.0. The lowest BCUT2D eigenvalue weighted by Crippen LogP contribution is -2.26. The van der Waals surface area contributed by atoms with Gasteiger partial charge in [0.25, 0.3) is 5.56 Å². The van der Waals surface area contributed by atoms with Crippen molar-refractivity contribution in [3.63, 3.8) is 0 Å². The summed E-state index contributed by atoms with van der Waals surface area (Å²) < 4.78 is 28.3. The number of ether oxygens (including phenoxy) is 1. The van der Waals surface area contributed by atoms with Crippen LogP contribution in [0.2, 0.25) is 0 Å². The van der Waals surface area contributed by atoms with Crippen LogP contribution in [0.3, 0.4) is 0 Å². The highest BCUT2D eigenvalue weighted by Gasteiger charge is 2.25. The lowest BCUT2D eigenvalue weighted by atomic mass is 9.94. The van der Waals surface area contributed by atoms with Crippen molar-refractivity contribution in [3.8, 4) is 39.1 Å². The van der Waals surface area contributed by atoms with Crippen molar-refractivity contribution < 1.29 is 23.6 Å². The third-order valence-corrected chi connectivity index (χ3v) is 6.41. The molecule has 0 fully saturated rings. The summed E-state index contributed by atoms with van der Waals surface area (Å²) in [6.07, 6.45) is -0.510. The smallest absolute Gasteiger partial charge is 0.309 e. The first-order valence-electron chi connectivity index (χ1n) is 11.4. The Bertz CT molecular complexity index is 1530.